The van der Waals surface area contributed by atoms with Crippen molar-refractivity contribution < 1.29 is 0 Å². The van der Waals surface area contributed by atoms with Crippen LogP contribution in [0.2, 0.25) is 0 Å². The maximum Gasteiger partial charge on any atom is 0.148 e. The molecule has 0 radical (unpaired) electrons. The van der Waals surface area contributed by atoms with Crippen LogP contribution in [0.25, 0.3) is 0 Å². The van der Waals surface area contributed by atoms with E-state index in [0.29, 0.717) is 0 Å². The van der Waals surface area contributed by atoms with Crippen LogP contribution in [-0.2, 0) is 0 Å². The van der Waals surface area contributed by atoms with E-state index in [-0.39, 0.29) is 0 Å². The van der Waals surface area contributed by atoms with Crippen LogP contribution in [0.1, 0.15) is 6.42 Å². The molecule has 0 aliphatic rings. The Morgan fingerprint density at radius 1 is 1.58 bits per heavy atom. The lowest BCUT2D eigenvalue weighted by atomic mass is 10.4. The lowest BCUT2D eigenvalue weighted by molar-refractivity contribution is 0.952. The molecule has 3 nitrogen and oxygen atoms in total. The third-order valence-electron chi connectivity index (χ3n) is 1.40. The van der Waals surface area contributed by atoms with E-state index in [1.54, 1.807) is 6.20 Å². The summed E-state index contributed by atoms with van der Waals surface area (Å²) in [5.74, 6) is 2.05. The van der Waals surface area contributed by atoms with E-state index < -0.39 is 0 Å². The Balaban J connectivity index is 2.16. The fourth-order valence-electron chi connectivity index (χ4n) is 0.829. The first-order valence-electron chi connectivity index (χ1n) is 3.94. The molecule has 0 aliphatic heterocycles. The first kappa shape index (κ1) is 9.32. The van der Waals surface area contributed by atoms with Gasteiger partial charge in [0, 0.05) is 12.7 Å². The third-order valence-corrected chi connectivity index (χ3v) is 2.10. The largest absolute Gasteiger partial charge is 0.369 e. The van der Waals surface area contributed by atoms with Crippen LogP contribution in [0.15, 0.2) is 18.3 Å². The van der Waals surface area contributed by atoms with E-state index in [0.717, 1.165) is 18.8 Å². The van der Waals surface area contributed by atoms with E-state index in [1.165, 1.54) is 5.75 Å². The SMILES string of the molecule is CSCCCNc1cccnn1. The van der Waals surface area contributed by atoms with Gasteiger partial charge in [-0.3, -0.25) is 0 Å². The summed E-state index contributed by atoms with van der Waals surface area (Å²) in [4.78, 5) is 0. The molecule has 1 aromatic rings. The molecule has 0 aliphatic carbocycles. The van der Waals surface area contributed by atoms with Gasteiger partial charge in [-0.05, 0) is 30.6 Å². The number of thioether (sulfide) groups is 1. The molecule has 1 aromatic heterocycles. The Bertz CT molecular complexity index is 203. The number of anilines is 1. The Kier molecular flexibility index (Phi) is 4.52. The molecule has 4 heteroatoms. The zero-order valence-corrected chi connectivity index (χ0v) is 7.97. The van der Waals surface area contributed by atoms with Gasteiger partial charge in [-0.1, -0.05) is 0 Å². The highest BCUT2D eigenvalue weighted by molar-refractivity contribution is 7.98. The average Bonchev–Trinajstić information content (AvgIpc) is 2.14. The molecule has 0 spiro atoms. The molecule has 1 N–H and O–H groups in total. The minimum Gasteiger partial charge on any atom is -0.369 e. The Morgan fingerprint density at radius 2 is 2.50 bits per heavy atom. The smallest absolute Gasteiger partial charge is 0.148 e. The molecular weight excluding hydrogens is 170 g/mol. The van der Waals surface area contributed by atoms with E-state index >= 15 is 0 Å². The van der Waals surface area contributed by atoms with Crippen molar-refractivity contribution in [2.75, 3.05) is 23.9 Å². The Labute approximate surface area is 77.0 Å². The van der Waals surface area contributed by atoms with Gasteiger partial charge < -0.3 is 5.32 Å². The van der Waals surface area contributed by atoms with E-state index in [2.05, 4.69) is 21.8 Å². The fourth-order valence-corrected chi connectivity index (χ4v) is 1.26. The molecule has 0 saturated carbocycles. The topological polar surface area (TPSA) is 37.8 Å². The second kappa shape index (κ2) is 5.83. The van der Waals surface area contributed by atoms with E-state index in [4.69, 9.17) is 0 Å². The Morgan fingerprint density at radius 3 is 3.17 bits per heavy atom. The van der Waals surface area contributed by atoms with Gasteiger partial charge in [0.2, 0.25) is 0 Å². The molecule has 0 saturated heterocycles. The molecule has 0 fully saturated rings. The van der Waals surface area contributed by atoms with Gasteiger partial charge in [-0.25, -0.2) is 0 Å². The van der Waals surface area contributed by atoms with E-state index in [1.807, 2.05) is 23.9 Å². The molecule has 0 amide bonds. The normalized spacial score (nSPS) is 9.75. The van der Waals surface area contributed by atoms with Crippen molar-refractivity contribution in [1.29, 1.82) is 0 Å². The molecule has 0 bridgehead atoms. The monoisotopic (exact) mass is 183 g/mol. The zero-order chi connectivity index (χ0) is 8.65. The highest BCUT2D eigenvalue weighted by Crippen LogP contribution is 1.99. The van der Waals surface area contributed by atoms with Gasteiger partial charge >= 0.3 is 0 Å². The quantitative estimate of drug-likeness (QED) is 0.704. The first-order chi connectivity index (χ1) is 5.93. The van der Waals surface area contributed by atoms with Crippen LogP contribution in [0.5, 0.6) is 0 Å². The number of hydrogen-bond acceptors (Lipinski definition) is 4. The summed E-state index contributed by atoms with van der Waals surface area (Å²) in [5, 5.41) is 10.9. The van der Waals surface area contributed by atoms with Gasteiger partial charge in [0.25, 0.3) is 0 Å². The van der Waals surface area contributed by atoms with Crippen molar-refractivity contribution in [1.82, 2.24) is 10.2 Å². The molecule has 1 heterocycles. The maximum absolute atomic E-state index is 3.91. The minimum atomic E-state index is 0.860. The highest BCUT2D eigenvalue weighted by atomic mass is 32.2. The lowest BCUT2D eigenvalue weighted by Crippen LogP contribution is -2.04. The van der Waals surface area contributed by atoms with Gasteiger partial charge in [0.15, 0.2) is 0 Å². The summed E-state index contributed by atoms with van der Waals surface area (Å²) >= 11 is 1.86. The minimum absolute atomic E-state index is 0.860. The number of nitrogens with one attached hydrogen (secondary N) is 1. The number of aromatic nitrogens is 2. The molecule has 0 atom stereocenters. The molecular formula is C8H13N3S. The number of hydrogen-bond donors (Lipinski definition) is 1. The van der Waals surface area contributed by atoms with Crippen LogP contribution in [0.3, 0.4) is 0 Å². The Hall–Kier alpha value is -0.770. The number of nitrogens with zero attached hydrogens (tertiary/aromatic N) is 2. The molecule has 0 aromatic carbocycles. The third kappa shape index (κ3) is 3.57. The van der Waals surface area contributed by atoms with Gasteiger partial charge in [-0.15, -0.1) is 5.10 Å². The van der Waals surface area contributed by atoms with Gasteiger partial charge in [-0.2, -0.15) is 16.9 Å². The molecule has 1 rings (SSSR count). The first-order valence-corrected chi connectivity index (χ1v) is 5.33. The fraction of sp³-hybridized carbons (Fsp3) is 0.500. The predicted molar refractivity (Wildman–Crippen MR) is 53.5 cm³/mol. The van der Waals surface area contributed by atoms with Crippen molar-refractivity contribution in [3.8, 4) is 0 Å². The van der Waals surface area contributed by atoms with Crippen molar-refractivity contribution in [3.05, 3.63) is 18.3 Å². The van der Waals surface area contributed by atoms with Crippen LogP contribution < -0.4 is 5.32 Å². The standard InChI is InChI=1S/C8H13N3S/c1-12-7-3-5-9-8-4-2-6-10-11-8/h2,4,6H,3,5,7H2,1H3,(H,9,11). The van der Waals surface area contributed by atoms with Crippen molar-refractivity contribution in [3.63, 3.8) is 0 Å². The summed E-state index contributed by atoms with van der Waals surface area (Å²) in [5.41, 5.74) is 0. The second-order valence-corrected chi connectivity index (χ2v) is 3.37. The second-order valence-electron chi connectivity index (χ2n) is 2.38. The van der Waals surface area contributed by atoms with Gasteiger partial charge in [0.05, 0.1) is 0 Å². The van der Waals surface area contributed by atoms with E-state index in [9.17, 15) is 0 Å². The van der Waals surface area contributed by atoms with Crippen molar-refractivity contribution in [2.45, 2.75) is 6.42 Å². The van der Waals surface area contributed by atoms with Crippen LogP contribution in [0, 0.1) is 0 Å². The summed E-state index contributed by atoms with van der Waals surface area (Å²) in [6.45, 7) is 0.972. The van der Waals surface area contributed by atoms with Gasteiger partial charge in [0.1, 0.15) is 5.82 Å². The number of rotatable bonds is 5. The average molecular weight is 183 g/mol. The molecule has 12 heavy (non-hydrogen) atoms. The summed E-state index contributed by atoms with van der Waals surface area (Å²) in [6, 6.07) is 3.80. The maximum atomic E-state index is 3.91. The zero-order valence-electron chi connectivity index (χ0n) is 7.16. The summed E-state index contributed by atoms with van der Waals surface area (Å²) < 4.78 is 0. The summed E-state index contributed by atoms with van der Waals surface area (Å²) in [6.07, 6.45) is 4.95. The van der Waals surface area contributed by atoms with Crippen molar-refractivity contribution >= 4 is 17.6 Å². The lowest BCUT2D eigenvalue weighted by Gasteiger charge is -2.02. The highest BCUT2D eigenvalue weighted by Gasteiger charge is 1.90. The molecule has 0 unspecified atom stereocenters. The van der Waals surface area contributed by atoms with Crippen molar-refractivity contribution in [2.24, 2.45) is 0 Å². The van der Waals surface area contributed by atoms with Crippen LogP contribution in [0.4, 0.5) is 5.82 Å². The predicted octanol–water partition coefficient (Wildman–Crippen LogP) is 1.64. The summed E-state index contributed by atoms with van der Waals surface area (Å²) in [7, 11) is 0. The molecule has 66 valence electrons. The van der Waals surface area contributed by atoms with Crippen LogP contribution >= 0.6 is 11.8 Å². The van der Waals surface area contributed by atoms with Crippen LogP contribution in [-0.4, -0.2) is 28.8 Å².